The van der Waals surface area contributed by atoms with Gasteiger partial charge in [-0.05, 0) is 24.5 Å². The lowest BCUT2D eigenvalue weighted by atomic mass is 10.0. The van der Waals surface area contributed by atoms with Crippen LogP contribution in [0.4, 0.5) is 4.39 Å². The van der Waals surface area contributed by atoms with E-state index in [1.165, 1.54) is 0 Å². The number of alkyl halides is 1. The van der Waals surface area contributed by atoms with E-state index in [1.807, 2.05) is 6.07 Å². The number of aliphatic hydroxyl groups excluding tert-OH is 1. The summed E-state index contributed by atoms with van der Waals surface area (Å²) in [6.07, 6.45) is 1.32. The van der Waals surface area contributed by atoms with Crippen LogP contribution in [0, 0.1) is 0 Å². The van der Waals surface area contributed by atoms with Gasteiger partial charge >= 0.3 is 0 Å². The van der Waals surface area contributed by atoms with Gasteiger partial charge in [-0.3, -0.25) is 0 Å². The van der Waals surface area contributed by atoms with E-state index in [4.69, 9.17) is 16.7 Å². The van der Waals surface area contributed by atoms with Crippen molar-refractivity contribution in [1.82, 2.24) is 0 Å². The van der Waals surface area contributed by atoms with Crippen LogP contribution in [0.15, 0.2) is 18.2 Å². The number of aryl methyl sites for hydroxylation is 1. The number of hydrogen-bond acceptors (Lipinski definition) is 1. The molecule has 1 aromatic carbocycles. The van der Waals surface area contributed by atoms with E-state index in [2.05, 4.69) is 0 Å². The summed E-state index contributed by atoms with van der Waals surface area (Å²) >= 11 is 5.81. The molecule has 0 saturated carbocycles. The van der Waals surface area contributed by atoms with Crippen molar-refractivity contribution in [2.45, 2.75) is 19.5 Å². The van der Waals surface area contributed by atoms with E-state index >= 15 is 0 Å². The molecule has 0 aliphatic carbocycles. The van der Waals surface area contributed by atoms with Crippen molar-refractivity contribution in [3.05, 3.63) is 34.3 Å². The molecule has 1 N–H and O–H groups in total. The minimum Gasteiger partial charge on any atom is -0.396 e. The van der Waals surface area contributed by atoms with Gasteiger partial charge in [0.05, 0.1) is 0 Å². The molecule has 0 aliphatic rings. The molecule has 0 heterocycles. The fraction of sp³-hybridized carbons (Fsp3) is 0.400. The highest BCUT2D eigenvalue weighted by Crippen LogP contribution is 2.22. The quantitative estimate of drug-likeness (QED) is 0.796. The minimum absolute atomic E-state index is 0.123. The molecule has 0 radical (unpaired) electrons. The smallest absolute Gasteiger partial charge is 0.116 e. The third-order valence-corrected chi connectivity index (χ3v) is 2.31. The molecule has 0 aliphatic heterocycles. The van der Waals surface area contributed by atoms with Crippen LogP contribution in [0.2, 0.25) is 5.02 Å². The van der Waals surface area contributed by atoms with Gasteiger partial charge in [0.1, 0.15) is 6.67 Å². The molecule has 72 valence electrons. The molecule has 0 aromatic heterocycles. The van der Waals surface area contributed by atoms with Gasteiger partial charge in [0.25, 0.3) is 0 Å². The molecule has 0 atom stereocenters. The normalized spacial score (nSPS) is 10.4. The molecule has 0 bridgehead atoms. The van der Waals surface area contributed by atoms with Crippen LogP contribution in [0.25, 0.3) is 0 Å². The molecular formula is C10H12ClFO. The van der Waals surface area contributed by atoms with Gasteiger partial charge in [-0.1, -0.05) is 23.7 Å². The summed E-state index contributed by atoms with van der Waals surface area (Å²) in [6, 6.07) is 5.32. The van der Waals surface area contributed by atoms with Crippen molar-refractivity contribution in [3.63, 3.8) is 0 Å². The molecule has 1 aromatic rings. The number of hydrogen-bond donors (Lipinski definition) is 1. The Morgan fingerprint density at radius 2 is 2.15 bits per heavy atom. The van der Waals surface area contributed by atoms with Crippen molar-refractivity contribution in [2.24, 2.45) is 0 Å². The van der Waals surface area contributed by atoms with E-state index in [9.17, 15) is 4.39 Å². The summed E-state index contributed by atoms with van der Waals surface area (Å²) in [6.45, 7) is -0.418. The Bertz CT molecular complexity index is 276. The highest BCUT2D eigenvalue weighted by atomic mass is 35.5. The molecule has 0 unspecified atom stereocenters. The first kappa shape index (κ1) is 10.5. The van der Waals surface area contributed by atoms with Gasteiger partial charge in [-0.2, -0.15) is 0 Å². The molecule has 13 heavy (non-hydrogen) atoms. The van der Waals surface area contributed by atoms with Gasteiger partial charge in [0.15, 0.2) is 0 Å². The first-order valence-electron chi connectivity index (χ1n) is 4.22. The third kappa shape index (κ3) is 2.68. The predicted molar refractivity (Wildman–Crippen MR) is 51.7 cm³/mol. The first-order chi connectivity index (χ1) is 6.29. The number of benzene rings is 1. The lowest BCUT2D eigenvalue weighted by molar-refractivity contribution is 0.288. The largest absolute Gasteiger partial charge is 0.396 e. The Labute approximate surface area is 82.2 Å². The fourth-order valence-electron chi connectivity index (χ4n) is 1.26. The van der Waals surface area contributed by atoms with Gasteiger partial charge in [-0.15, -0.1) is 0 Å². The molecule has 1 nitrogen and oxygen atoms in total. The van der Waals surface area contributed by atoms with Crippen LogP contribution in [0.3, 0.4) is 0 Å². The summed E-state index contributed by atoms with van der Waals surface area (Å²) in [4.78, 5) is 0. The topological polar surface area (TPSA) is 20.2 Å². The summed E-state index contributed by atoms with van der Waals surface area (Å²) in [5.74, 6) is 0. The van der Waals surface area contributed by atoms with E-state index < -0.39 is 6.67 Å². The maximum Gasteiger partial charge on any atom is 0.116 e. The van der Waals surface area contributed by atoms with Gasteiger partial charge in [0, 0.05) is 17.2 Å². The fourth-order valence-corrected chi connectivity index (χ4v) is 1.50. The Hall–Kier alpha value is -0.600. The second-order valence-electron chi connectivity index (χ2n) is 2.84. The zero-order chi connectivity index (χ0) is 9.68. The summed E-state index contributed by atoms with van der Waals surface area (Å²) in [5, 5.41) is 9.10. The standard InChI is InChI=1S/C10H12ClFO/c11-10-5-1-3-8(4-2-6-13)9(10)7-12/h1,3,5,13H,2,4,6-7H2. The zero-order valence-corrected chi connectivity index (χ0v) is 8.02. The monoisotopic (exact) mass is 202 g/mol. The summed E-state index contributed by atoms with van der Waals surface area (Å²) in [7, 11) is 0. The molecule has 0 spiro atoms. The van der Waals surface area contributed by atoms with Crippen molar-refractivity contribution in [1.29, 1.82) is 0 Å². The van der Waals surface area contributed by atoms with E-state index in [-0.39, 0.29) is 6.61 Å². The SMILES string of the molecule is OCCCc1cccc(Cl)c1CF. The van der Waals surface area contributed by atoms with E-state index in [0.717, 1.165) is 5.56 Å². The molecule has 1 rings (SSSR count). The maximum atomic E-state index is 12.5. The third-order valence-electron chi connectivity index (χ3n) is 1.95. The van der Waals surface area contributed by atoms with Crippen LogP contribution in [0.1, 0.15) is 17.5 Å². The zero-order valence-electron chi connectivity index (χ0n) is 7.26. The summed E-state index contributed by atoms with van der Waals surface area (Å²) in [5.41, 5.74) is 1.45. The average Bonchev–Trinajstić information content (AvgIpc) is 2.15. The molecule has 0 amide bonds. The molecule has 0 fully saturated rings. The van der Waals surface area contributed by atoms with Crippen molar-refractivity contribution in [2.75, 3.05) is 6.61 Å². The van der Waals surface area contributed by atoms with Crippen LogP contribution >= 0.6 is 11.6 Å². The Morgan fingerprint density at radius 3 is 2.77 bits per heavy atom. The maximum absolute atomic E-state index is 12.5. The second kappa shape index (κ2) is 5.20. The van der Waals surface area contributed by atoms with Crippen LogP contribution in [-0.2, 0) is 13.1 Å². The first-order valence-corrected chi connectivity index (χ1v) is 4.60. The molecule has 0 saturated heterocycles. The molecule has 3 heteroatoms. The number of halogens is 2. The van der Waals surface area contributed by atoms with Crippen molar-refractivity contribution in [3.8, 4) is 0 Å². The van der Waals surface area contributed by atoms with Crippen LogP contribution < -0.4 is 0 Å². The summed E-state index contributed by atoms with van der Waals surface area (Å²) < 4.78 is 12.5. The van der Waals surface area contributed by atoms with Gasteiger partial charge < -0.3 is 5.11 Å². The van der Waals surface area contributed by atoms with Gasteiger partial charge in [-0.25, -0.2) is 4.39 Å². The van der Waals surface area contributed by atoms with Crippen molar-refractivity contribution >= 4 is 11.6 Å². The lowest BCUT2D eigenvalue weighted by Gasteiger charge is -2.06. The Balaban J connectivity index is 2.85. The number of aliphatic hydroxyl groups is 1. The Kier molecular flexibility index (Phi) is 4.19. The highest BCUT2D eigenvalue weighted by Gasteiger charge is 2.05. The van der Waals surface area contributed by atoms with E-state index in [1.54, 1.807) is 12.1 Å². The van der Waals surface area contributed by atoms with Crippen LogP contribution in [0.5, 0.6) is 0 Å². The second-order valence-corrected chi connectivity index (χ2v) is 3.25. The van der Waals surface area contributed by atoms with Gasteiger partial charge in [0.2, 0.25) is 0 Å². The highest BCUT2D eigenvalue weighted by molar-refractivity contribution is 6.31. The van der Waals surface area contributed by atoms with Crippen molar-refractivity contribution < 1.29 is 9.50 Å². The predicted octanol–water partition coefficient (Wildman–Crippen LogP) is 2.73. The van der Waals surface area contributed by atoms with E-state index in [0.29, 0.717) is 23.4 Å². The lowest BCUT2D eigenvalue weighted by Crippen LogP contribution is -1.95. The van der Waals surface area contributed by atoms with Crippen LogP contribution in [-0.4, -0.2) is 11.7 Å². The number of rotatable bonds is 4. The average molecular weight is 203 g/mol. The molecular weight excluding hydrogens is 191 g/mol. The minimum atomic E-state index is -0.541. The Morgan fingerprint density at radius 1 is 1.38 bits per heavy atom.